The fraction of sp³-hybridized carbons (Fsp3) is 0.667. The minimum Gasteiger partial charge on any atom is -0.388 e. The molecule has 1 rings (SSSR count). The third-order valence-corrected chi connectivity index (χ3v) is 2.85. The molecule has 0 bridgehead atoms. The van der Waals surface area contributed by atoms with Crippen molar-refractivity contribution in [2.75, 3.05) is 17.3 Å². The van der Waals surface area contributed by atoms with Crippen LogP contribution in [0, 0.1) is 23.0 Å². The van der Waals surface area contributed by atoms with E-state index < -0.39 is 10.5 Å². The normalized spacial score (nSPS) is 13.9. The Morgan fingerprint density at radius 1 is 1.48 bits per heavy atom. The van der Waals surface area contributed by atoms with Crippen LogP contribution in [0.25, 0.3) is 0 Å². The van der Waals surface area contributed by atoms with Crippen molar-refractivity contribution in [3.63, 3.8) is 0 Å². The summed E-state index contributed by atoms with van der Waals surface area (Å²) in [5, 5.41) is 24.2. The van der Waals surface area contributed by atoms with Crippen LogP contribution in [0.5, 0.6) is 0 Å². The number of rotatable bonds is 7. The van der Waals surface area contributed by atoms with Crippen molar-refractivity contribution in [3.05, 3.63) is 15.8 Å². The summed E-state index contributed by atoms with van der Waals surface area (Å²) in [5.41, 5.74) is 1.21. The predicted molar refractivity (Wildman–Crippen MR) is 79.8 cm³/mol. The van der Waals surface area contributed by atoms with E-state index in [4.69, 9.17) is 5.84 Å². The van der Waals surface area contributed by atoms with Gasteiger partial charge in [-0.3, -0.25) is 15.5 Å². The molecule has 1 atom stereocenters. The first-order chi connectivity index (χ1) is 9.66. The Labute approximate surface area is 123 Å². The molecule has 0 aromatic carbocycles. The summed E-state index contributed by atoms with van der Waals surface area (Å²) in [5.74, 6) is 5.64. The van der Waals surface area contributed by atoms with Gasteiger partial charge in [-0.2, -0.15) is 4.98 Å². The number of nitrogens with one attached hydrogen (secondary N) is 2. The molecule has 0 aliphatic rings. The lowest BCUT2D eigenvalue weighted by Crippen LogP contribution is -2.35. The van der Waals surface area contributed by atoms with Gasteiger partial charge in [-0.25, -0.2) is 10.8 Å². The highest BCUT2D eigenvalue weighted by atomic mass is 16.6. The van der Waals surface area contributed by atoms with Gasteiger partial charge in [0, 0.05) is 6.54 Å². The number of anilines is 2. The van der Waals surface area contributed by atoms with Gasteiger partial charge in [0.15, 0.2) is 0 Å². The number of hydrogen-bond acceptors (Lipinski definition) is 8. The molecular weight excluding hydrogens is 276 g/mol. The molecule has 118 valence electrons. The summed E-state index contributed by atoms with van der Waals surface area (Å²) >= 11 is 0. The Morgan fingerprint density at radius 2 is 2.10 bits per heavy atom. The largest absolute Gasteiger partial charge is 0.388 e. The van der Waals surface area contributed by atoms with E-state index in [0.29, 0.717) is 12.3 Å². The zero-order valence-electron chi connectivity index (χ0n) is 12.7. The van der Waals surface area contributed by atoms with Crippen LogP contribution in [0.4, 0.5) is 17.5 Å². The van der Waals surface area contributed by atoms with Crippen LogP contribution in [0.15, 0.2) is 0 Å². The van der Waals surface area contributed by atoms with Crippen LogP contribution in [-0.4, -0.2) is 32.1 Å². The lowest BCUT2D eigenvalue weighted by molar-refractivity contribution is -0.385. The number of hydrazine groups is 1. The second kappa shape index (κ2) is 6.64. The molecule has 0 saturated heterocycles. The second-order valence-electron chi connectivity index (χ2n) is 5.68. The maximum Gasteiger partial charge on any atom is 0.332 e. The quantitative estimate of drug-likeness (QED) is 0.334. The molecule has 1 aromatic rings. The van der Waals surface area contributed by atoms with Gasteiger partial charge in [-0.1, -0.05) is 13.8 Å². The summed E-state index contributed by atoms with van der Waals surface area (Å²) in [6.07, 6.45) is 0.555. The fourth-order valence-electron chi connectivity index (χ4n) is 2.20. The van der Waals surface area contributed by atoms with E-state index >= 15 is 0 Å². The minimum atomic E-state index is -1.00. The topological polar surface area (TPSA) is 139 Å². The van der Waals surface area contributed by atoms with Crippen LogP contribution in [0.1, 0.15) is 32.9 Å². The Hall–Kier alpha value is -2.00. The van der Waals surface area contributed by atoms with Gasteiger partial charge >= 0.3 is 5.69 Å². The average Bonchev–Trinajstić information content (AvgIpc) is 2.33. The van der Waals surface area contributed by atoms with Crippen molar-refractivity contribution >= 4 is 17.5 Å². The van der Waals surface area contributed by atoms with E-state index in [1.54, 1.807) is 6.92 Å². The number of nitrogen functional groups attached to an aromatic ring is 1. The van der Waals surface area contributed by atoms with Crippen molar-refractivity contribution < 1.29 is 10.0 Å². The molecule has 9 nitrogen and oxygen atoms in total. The lowest BCUT2D eigenvalue weighted by Gasteiger charge is -2.25. The van der Waals surface area contributed by atoms with Crippen molar-refractivity contribution in [1.29, 1.82) is 0 Å². The maximum absolute atomic E-state index is 11.1. The number of nitro groups is 1. The first kappa shape index (κ1) is 17.1. The average molecular weight is 298 g/mol. The van der Waals surface area contributed by atoms with Crippen molar-refractivity contribution in [3.8, 4) is 0 Å². The van der Waals surface area contributed by atoms with Crippen molar-refractivity contribution in [1.82, 2.24) is 9.97 Å². The molecule has 0 aliphatic carbocycles. The molecule has 5 N–H and O–H groups in total. The highest BCUT2D eigenvalue weighted by molar-refractivity contribution is 5.60. The molecule has 0 aliphatic heterocycles. The summed E-state index contributed by atoms with van der Waals surface area (Å²) in [6.45, 7) is 7.27. The molecule has 1 heterocycles. The van der Waals surface area contributed by atoms with Crippen LogP contribution >= 0.6 is 0 Å². The van der Waals surface area contributed by atoms with E-state index in [-0.39, 0.29) is 29.7 Å². The molecular formula is C12H22N6O3. The molecule has 1 unspecified atom stereocenters. The third-order valence-electron chi connectivity index (χ3n) is 2.85. The molecule has 9 heteroatoms. The molecule has 1 aromatic heterocycles. The first-order valence-corrected chi connectivity index (χ1v) is 6.62. The molecule has 0 radical (unpaired) electrons. The van der Waals surface area contributed by atoms with Gasteiger partial charge < -0.3 is 10.4 Å². The monoisotopic (exact) mass is 298 g/mol. The van der Waals surface area contributed by atoms with Gasteiger partial charge in [-0.15, -0.1) is 0 Å². The van der Waals surface area contributed by atoms with Crippen LogP contribution in [0.2, 0.25) is 0 Å². The number of aliphatic hydroxyl groups is 1. The van der Waals surface area contributed by atoms with Gasteiger partial charge in [0.1, 0.15) is 5.69 Å². The lowest BCUT2D eigenvalue weighted by atomic mass is 9.94. The van der Waals surface area contributed by atoms with Crippen LogP contribution in [-0.2, 0) is 0 Å². The minimum absolute atomic E-state index is 0.0319. The van der Waals surface area contributed by atoms with Gasteiger partial charge in [0.25, 0.3) is 0 Å². The first-order valence-electron chi connectivity index (χ1n) is 6.62. The Kier molecular flexibility index (Phi) is 5.39. The van der Waals surface area contributed by atoms with Crippen LogP contribution < -0.4 is 16.6 Å². The van der Waals surface area contributed by atoms with Gasteiger partial charge in [0.2, 0.25) is 11.8 Å². The fourth-order valence-corrected chi connectivity index (χ4v) is 2.20. The summed E-state index contributed by atoms with van der Waals surface area (Å²) in [4.78, 5) is 18.4. The maximum atomic E-state index is 11.1. The van der Waals surface area contributed by atoms with E-state index in [1.807, 2.05) is 13.8 Å². The molecule has 0 saturated carbocycles. The number of nitrogens with two attached hydrogens (primary N) is 1. The SMILES string of the molecule is Cc1nc(NN)nc(NCC(C)(O)CC(C)C)c1[N+](=O)[O-]. The van der Waals surface area contributed by atoms with Gasteiger partial charge in [-0.05, 0) is 26.2 Å². The second-order valence-corrected chi connectivity index (χ2v) is 5.68. The van der Waals surface area contributed by atoms with Gasteiger partial charge in [0.05, 0.1) is 10.5 Å². The van der Waals surface area contributed by atoms with E-state index in [0.717, 1.165) is 0 Å². The molecule has 0 spiro atoms. The number of aromatic nitrogens is 2. The highest BCUT2D eigenvalue weighted by Crippen LogP contribution is 2.27. The Bertz CT molecular complexity index is 518. The van der Waals surface area contributed by atoms with E-state index in [2.05, 4.69) is 20.7 Å². The molecule has 0 amide bonds. The van der Waals surface area contributed by atoms with E-state index in [1.165, 1.54) is 6.92 Å². The van der Waals surface area contributed by atoms with Crippen molar-refractivity contribution in [2.24, 2.45) is 11.8 Å². The Morgan fingerprint density at radius 3 is 2.57 bits per heavy atom. The summed E-state index contributed by atoms with van der Waals surface area (Å²) in [6, 6.07) is 0. The smallest absolute Gasteiger partial charge is 0.332 e. The predicted octanol–water partition coefficient (Wildman–Crippen LogP) is 1.19. The van der Waals surface area contributed by atoms with Crippen LogP contribution in [0.3, 0.4) is 0 Å². The van der Waals surface area contributed by atoms with Crippen molar-refractivity contribution in [2.45, 2.75) is 39.7 Å². The number of aryl methyl sites for hydroxylation is 1. The summed E-state index contributed by atoms with van der Waals surface area (Å²) < 4.78 is 0. The standard InChI is InChI=1S/C12H22N6O3/c1-7(2)5-12(4,19)6-14-10-9(18(20)21)8(3)15-11(16-10)17-13/h7,19H,5-6,13H2,1-4H3,(H2,14,15,16,17). The summed E-state index contributed by atoms with van der Waals surface area (Å²) in [7, 11) is 0. The zero-order valence-corrected chi connectivity index (χ0v) is 12.7. The molecule has 0 fully saturated rings. The third kappa shape index (κ3) is 4.80. The van der Waals surface area contributed by atoms with E-state index in [9.17, 15) is 15.2 Å². The number of nitrogens with zero attached hydrogens (tertiary/aromatic N) is 3. The molecule has 21 heavy (non-hydrogen) atoms. The Balaban J connectivity index is 3.01. The highest BCUT2D eigenvalue weighted by Gasteiger charge is 2.26. The zero-order chi connectivity index (χ0) is 16.2. The number of hydrogen-bond donors (Lipinski definition) is 4.